The normalized spacial score (nSPS) is 16.2. The Hall–Kier alpha value is -2.17. The number of benzene rings is 1. The summed E-state index contributed by atoms with van der Waals surface area (Å²) in [7, 11) is 0. The Morgan fingerprint density at radius 1 is 1.17 bits per heavy atom. The van der Waals surface area contributed by atoms with Gasteiger partial charge in [-0.1, -0.05) is 43.9 Å². The molecular weight excluding hydrogens is 290 g/mol. The summed E-state index contributed by atoms with van der Waals surface area (Å²) in [5.41, 5.74) is 0.560. The van der Waals surface area contributed by atoms with Gasteiger partial charge < -0.3 is 5.32 Å². The summed E-state index contributed by atoms with van der Waals surface area (Å²) in [6.07, 6.45) is 6.89. The first-order chi connectivity index (χ1) is 11.1. The van der Waals surface area contributed by atoms with Crippen LogP contribution in [0.5, 0.6) is 0 Å². The number of carbonyl (C=O) groups is 1. The molecule has 5 heteroatoms. The lowest BCUT2D eigenvalue weighted by Crippen LogP contribution is -2.39. The van der Waals surface area contributed by atoms with E-state index in [1.54, 1.807) is 6.07 Å². The minimum Gasteiger partial charge on any atom is -0.352 e. The average molecular weight is 313 g/mol. The second-order valence-electron chi connectivity index (χ2n) is 6.35. The summed E-state index contributed by atoms with van der Waals surface area (Å²) in [5.74, 6) is -0.124. The lowest BCUT2D eigenvalue weighted by atomic mass is 10.1. The van der Waals surface area contributed by atoms with Gasteiger partial charge in [-0.25, -0.2) is 4.68 Å². The van der Waals surface area contributed by atoms with E-state index in [1.165, 1.54) is 17.5 Å². The molecule has 3 rings (SSSR count). The van der Waals surface area contributed by atoms with Crippen molar-refractivity contribution >= 4 is 16.7 Å². The molecule has 1 aromatic heterocycles. The number of nitrogens with zero attached hydrogens (tertiary/aromatic N) is 2. The van der Waals surface area contributed by atoms with Crippen LogP contribution in [0.15, 0.2) is 29.1 Å². The second-order valence-corrected chi connectivity index (χ2v) is 6.35. The minimum atomic E-state index is -0.206. The van der Waals surface area contributed by atoms with Gasteiger partial charge in [0.2, 0.25) is 5.91 Å². The van der Waals surface area contributed by atoms with E-state index in [-0.39, 0.29) is 24.1 Å². The van der Waals surface area contributed by atoms with Crippen molar-refractivity contribution in [3.8, 4) is 0 Å². The molecule has 0 atom stereocenters. The van der Waals surface area contributed by atoms with E-state index >= 15 is 0 Å². The monoisotopic (exact) mass is 313 g/mol. The molecule has 0 spiro atoms. The van der Waals surface area contributed by atoms with Crippen molar-refractivity contribution in [1.29, 1.82) is 0 Å². The highest BCUT2D eigenvalue weighted by Crippen LogP contribution is 2.17. The van der Waals surface area contributed by atoms with Crippen LogP contribution in [-0.4, -0.2) is 21.7 Å². The van der Waals surface area contributed by atoms with Crippen LogP contribution < -0.4 is 10.9 Å². The van der Waals surface area contributed by atoms with Gasteiger partial charge in [-0.2, -0.15) is 5.10 Å². The van der Waals surface area contributed by atoms with Gasteiger partial charge in [-0.15, -0.1) is 0 Å². The second kappa shape index (κ2) is 6.94. The maximum Gasteiger partial charge on any atom is 0.275 e. The molecule has 1 fully saturated rings. The summed E-state index contributed by atoms with van der Waals surface area (Å²) in [5, 5.41) is 8.82. The average Bonchev–Trinajstić information content (AvgIpc) is 2.81. The van der Waals surface area contributed by atoms with Gasteiger partial charge in [-0.05, 0) is 25.8 Å². The smallest absolute Gasteiger partial charge is 0.275 e. The van der Waals surface area contributed by atoms with Crippen molar-refractivity contribution in [2.24, 2.45) is 0 Å². The molecule has 1 aliphatic rings. The highest BCUT2D eigenvalue weighted by atomic mass is 16.2. The largest absolute Gasteiger partial charge is 0.352 e. The highest BCUT2D eigenvalue weighted by Gasteiger charge is 2.16. The molecule has 23 heavy (non-hydrogen) atoms. The molecule has 2 aromatic rings. The molecule has 1 amide bonds. The summed E-state index contributed by atoms with van der Waals surface area (Å²) in [6, 6.07) is 7.63. The standard InChI is InChI=1S/C18H23N3O2/c1-13-15-10-6-7-11-16(15)18(23)21(20-13)12-17(22)19-14-8-4-2-3-5-9-14/h6-7,10-11,14H,2-5,8-9,12H2,1H3,(H,19,22). The van der Waals surface area contributed by atoms with Gasteiger partial charge in [0, 0.05) is 11.4 Å². The number of nitrogens with one attached hydrogen (secondary N) is 1. The van der Waals surface area contributed by atoms with Crippen molar-refractivity contribution in [3.05, 3.63) is 40.3 Å². The molecule has 1 heterocycles. The van der Waals surface area contributed by atoms with Crippen LogP contribution in [0.3, 0.4) is 0 Å². The lowest BCUT2D eigenvalue weighted by molar-refractivity contribution is -0.122. The van der Waals surface area contributed by atoms with Crippen LogP contribution in [-0.2, 0) is 11.3 Å². The fourth-order valence-corrected chi connectivity index (χ4v) is 3.34. The number of aryl methyl sites for hydroxylation is 1. The number of amides is 1. The maximum atomic E-state index is 12.5. The SMILES string of the molecule is Cc1nn(CC(=O)NC2CCCCCC2)c(=O)c2ccccc12. The van der Waals surface area contributed by atoms with Gasteiger partial charge in [-0.3, -0.25) is 9.59 Å². The van der Waals surface area contributed by atoms with Crippen molar-refractivity contribution < 1.29 is 4.79 Å². The van der Waals surface area contributed by atoms with Crippen LogP contribution in [0.1, 0.15) is 44.2 Å². The molecule has 5 nitrogen and oxygen atoms in total. The van der Waals surface area contributed by atoms with Crippen molar-refractivity contribution in [2.45, 2.75) is 58.0 Å². The Morgan fingerprint density at radius 2 is 1.83 bits per heavy atom. The Balaban J connectivity index is 1.77. The van der Waals surface area contributed by atoms with Crippen LogP contribution in [0, 0.1) is 6.92 Å². The molecule has 0 unspecified atom stereocenters. The Labute approximate surface area is 135 Å². The van der Waals surface area contributed by atoms with Crippen molar-refractivity contribution in [3.63, 3.8) is 0 Å². The number of carbonyl (C=O) groups excluding carboxylic acids is 1. The van der Waals surface area contributed by atoms with Crippen molar-refractivity contribution in [2.75, 3.05) is 0 Å². The predicted octanol–water partition coefficient (Wildman–Crippen LogP) is 2.54. The lowest BCUT2D eigenvalue weighted by Gasteiger charge is -2.16. The van der Waals surface area contributed by atoms with Gasteiger partial charge in [0.15, 0.2) is 0 Å². The molecule has 0 saturated heterocycles. The number of fused-ring (bicyclic) bond motifs is 1. The van der Waals surface area contributed by atoms with E-state index in [4.69, 9.17) is 0 Å². The van der Waals surface area contributed by atoms with Gasteiger partial charge in [0.05, 0.1) is 11.1 Å². The van der Waals surface area contributed by atoms with E-state index in [9.17, 15) is 9.59 Å². The molecular formula is C18H23N3O2. The Morgan fingerprint density at radius 3 is 2.52 bits per heavy atom. The fraction of sp³-hybridized carbons (Fsp3) is 0.500. The highest BCUT2D eigenvalue weighted by molar-refractivity contribution is 5.83. The first kappa shape index (κ1) is 15.7. The predicted molar refractivity (Wildman–Crippen MR) is 90.4 cm³/mol. The van der Waals surface area contributed by atoms with Gasteiger partial charge in [0.1, 0.15) is 6.54 Å². The van der Waals surface area contributed by atoms with E-state index in [1.807, 2.05) is 25.1 Å². The third-order valence-electron chi connectivity index (χ3n) is 4.57. The zero-order valence-electron chi connectivity index (χ0n) is 13.5. The van der Waals surface area contributed by atoms with Gasteiger partial charge in [0.25, 0.3) is 5.56 Å². The number of rotatable bonds is 3. The zero-order valence-corrected chi connectivity index (χ0v) is 13.5. The van der Waals surface area contributed by atoms with Gasteiger partial charge >= 0.3 is 0 Å². The Kier molecular flexibility index (Phi) is 4.74. The van der Waals surface area contributed by atoms with Crippen LogP contribution >= 0.6 is 0 Å². The van der Waals surface area contributed by atoms with Crippen LogP contribution in [0.4, 0.5) is 0 Å². The minimum absolute atomic E-state index is 0.0129. The molecule has 0 bridgehead atoms. The third-order valence-corrected chi connectivity index (χ3v) is 4.57. The number of hydrogen-bond donors (Lipinski definition) is 1. The maximum absolute atomic E-state index is 12.5. The van der Waals surface area contributed by atoms with Crippen LogP contribution in [0.2, 0.25) is 0 Å². The molecule has 1 aliphatic carbocycles. The summed E-state index contributed by atoms with van der Waals surface area (Å²) >= 11 is 0. The quantitative estimate of drug-likeness (QED) is 0.886. The van der Waals surface area contributed by atoms with E-state index in [0.717, 1.165) is 36.8 Å². The summed E-state index contributed by atoms with van der Waals surface area (Å²) in [4.78, 5) is 24.8. The zero-order chi connectivity index (χ0) is 16.2. The van der Waals surface area contributed by atoms with E-state index in [0.29, 0.717) is 5.39 Å². The number of hydrogen-bond acceptors (Lipinski definition) is 3. The van der Waals surface area contributed by atoms with E-state index < -0.39 is 0 Å². The Bertz CT molecular complexity index is 758. The first-order valence-electron chi connectivity index (χ1n) is 8.41. The van der Waals surface area contributed by atoms with Crippen LogP contribution in [0.25, 0.3) is 10.8 Å². The third kappa shape index (κ3) is 3.60. The molecule has 122 valence electrons. The fourth-order valence-electron chi connectivity index (χ4n) is 3.34. The first-order valence-corrected chi connectivity index (χ1v) is 8.41. The van der Waals surface area contributed by atoms with E-state index in [2.05, 4.69) is 10.4 Å². The summed E-state index contributed by atoms with van der Waals surface area (Å²) in [6.45, 7) is 1.85. The molecule has 1 N–H and O–H groups in total. The molecule has 1 aromatic carbocycles. The molecule has 1 saturated carbocycles. The molecule has 0 aliphatic heterocycles. The summed E-state index contributed by atoms with van der Waals surface area (Å²) < 4.78 is 1.28. The van der Waals surface area contributed by atoms with Crippen molar-refractivity contribution in [1.82, 2.24) is 15.1 Å². The molecule has 0 radical (unpaired) electrons. The topological polar surface area (TPSA) is 64.0 Å². The number of aromatic nitrogens is 2.